The van der Waals surface area contributed by atoms with E-state index in [1.807, 2.05) is 0 Å². The van der Waals surface area contributed by atoms with Gasteiger partial charge in [-0.1, -0.05) is 39.0 Å². The molecule has 3 aliphatic rings. The van der Waals surface area contributed by atoms with Crippen LogP contribution >= 0.6 is 0 Å². The van der Waals surface area contributed by atoms with Crippen molar-refractivity contribution in [3.8, 4) is 0 Å². The van der Waals surface area contributed by atoms with Crippen LogP contribution in [0.5, 0.6) is 0 Å². The van der Waals surface area contributed by atoms with Crippen LogP contribution in [0.15, 0.2) is 0 Å². The molecule has 0 aromatic heterocycles. The standard InChI is InChI=1S/C19H36N2/c1-2-7-16-8-5-9-17(13-12-16)21-15-4-3-11-19(21)18-10-6-14-20-18/h16-20H,2-15H2,1H3. The maximum absolute atomic E-state index is 3.80. The van der Waals surface area contributed by atoms with E-state index in [1.54, 1.807) is 0 Å². The fourth-order valence-corrected chi connectivity index (χ4v) is 5.29. The molecule has 0 aromatic rings. The topological polar surface area (TPSA) is 15.3 Å². The molecular formula is C19H36N2. The Balaban J connectivity index is 1.60. The molecule has 2 heteroatoms. The number of rotatable bonds is 4. The fourth-order valence-electron chi connectivity index (χ4n) is 5.29. The molecule has 2 saturated heterocycles. The number of piperidine rings is 1. The zero-order valence-corrected chi connectivity index (χ0v) is 14.2. The number of nitrogens with one attached hydrogen (secondary N) is 1. The summed E-state index contributed by atoms with van der Waals surface area (Å²) >= 11 is 0. The molecule has 3 fully saturated rings. The van der Waals surface area contributed by atoms with Gasteiger partial charge in [-0.05, 0) is 64.0 Å². The first-order valence-corrected chi connectivity index (χ1v) is 9.87. The van der Waals surface area contributed by atoms with Gasteiger partial charge in [-0.15, -0.1) is 0 Å². The third kappa shape index (κ3) is 4.01. The third-order valence-electron chi connectivity index (χ3n) is 6.38. The molecule has 2 nitrogen and oxygen atoms in total. The van der Waals surface area contributed by atoms with Crippen LogP contribution in [0, 0.1) is 5.92 Å². The molecule has 2 aliphatic heterocycles. The number of likely N-dealkylation sites (tertiary alicyclic amines) is 1. The van der Waals surface area contributed by atoms with Crippen LogP contribution in [0.4, 0.5) is 0 Å². The summed E-state index contributed by atoms with van der Waals surface area (Å²) in [6, 6.07) is 2.56. The van der Waals surface area contributed by atoms with Crippen molar-refractivity contribution in [1.82, 2.24) is 10.2 Å². The second-order valence-electron chi connectivity index (χ2n) is 7.82. The highest BCUT2D eigenvalue weighted by Crippen LogP contribution is 2.33. The Hall–Kier alpha value is -0.0800. The lowest BCUT2D eigenvalue weighted by Gasteiger charge is -2.44. The van der Waals surface area contributed by atoms with Gasteiger partial charge in [0.1, 0.15) is 0 Å². The smallest absolute Gasteiger partial charge is 0.0252 e. The molecule has 4 unspecified atom stereocenters. The van der Waals surface area contributed by atoms with E-state index in [4.69, 9.17) is 0 Å². The van der Waals surface area contributed by atoms with E-state index in [-0.39, 0.29) is 0 Å². The molecule has 0 amide bonds. The van der Waals surface area contributed by atoms with E-state index in [2.05, 4.69) is 17.1 Å². The van der Waals surface area contributed by atoms with E-state index in [0.29, 0.717) is 0 Å². The lowest BCUT2D eigenvalue weighted by molar-refractivity contribution is 0.0647. The molecule has 0 aromatic carbocycles. The Morgan fingerprint density at radius 2 is 1.86 bits per heavy atom. The van der Waals surface area contributed by atoms with Crippen LogP contribution in [0.25, 0.3) is 0 Å². The van der Waals surface area contributed by atoms with Gasteiger partial charge in [0, 0.05) is 18.1 Å². The van der Waals surface area contributed by atoms with Crippen molar-refractivity contribution in [3.05, 3.63) is 0 Å². The van der Waals surface area contributed by atoms with Crippen molar-refractivity contribution < 1.29 is 0 Å². The molecule has 0 bridgehead atoms. The van der Waals surface area contributed by atoms with Gasteiger partial charge in [0.25, 0.3) is 0 Å². The number of nitrogens with zero attached hydrogens (tertiary/aromatic N) is 1. The van der Waals surface area contributed by atoms with Crippen LogP contribution in [0.1, 0.15) is 84.0 Å². The SMILES string of the molecule is CCCC1CCCC(N2CCCCC2C2CCCN2)CC1. The molecule has 3 rings (SSSR count). The minimum absolute atomic E-state index is 0.806. The van der Waals surface area contributed by atoms with E-state index < -0.39 is 0 Å². The molecule has 0 spiro atoms. The summed E-state index contributed by atoms with van der Waals surface area (Å²) in [5.41, 5.74) is 0. The Morgan fingerprint density at radius 1 is 0.905 bits per heavy atom. The van der Waals surface area contributed by atoms with Gasteiger partial charge in [-0.25, -0.2) is 0 Å². The van der Waals surface area contributed by atoms with Gasteiger partial charge in [0.2, 0.25) is 0 Å². The summed E-state index contributed by atoms with van der Waals surface area (Å²) in [5, 5.41) is 3.80. The lowest BCUT2D eigenvalue weighted by Crippen LogP contribution is -2.54. The van der Waals surface area contributed by atoms with Gasteiger partial charge in [-0.2, -0.15) is 0 Å². The molecule has 4 atom stereocenters. The molecule has 21 heavy (non-hydrogen) atoms. The van der Waals surface area contributed by atoms with E-state index in [9.17, 15) is 0 Å². The maximum atomic E-state index is 3.80. The lowest BCUT2D eigenvalue weighted by atomic mass is 9.90. The Morgan fingerprint density at radius 3 is 2.67 bits per heavy atom. The molecule has 1 saturated carbocycles. The zero-order valence-electron chi connectivity index (χ0n) is 14.2. The summed E-state index contributed by atoms with van der Waals surface area (Å²) in [5.74, 6) is 1.04. The quantitative estimate of drug-likeness (QED) is 0.775. The molecular weight excluding hydrogens is 256 g/mol. The second-order valence-corrected chi connectivity index (χ2v) is 7.82. The monoisotopic (exact) mass is 292 g/mol. The average Bonchev–Trinajstić information content (AvgIpc) is 2.95. The van der Waals surface area contributed by atoms with Crippen molar-refractivity contribution in [1.29, 1.82) is 0 Å². The summed E-state index contributed by atoms with van der Waals surface area (Å²) in [6.07, 6.45) is 17.5. The summed E-state index contributed by atoms with van der Waals surface area (Å²) in [7, 11) is 0. The van der Waals surface area contributed by atoms with Gasteiger partial charge in [0.15, 0.2) is 0 Å². The fraction of sp³-hybridized carbons (Fsp3) is 1.00. The first kappa shape index (κ1) is 15.8. The van der Waals surface area contributed by atoms with Gasteiger partial charge < -0.3 is 5.32 Å². The largest absolute Gasteiger partial charge is 0.312 e. The predicted molar refractivity (Wildman–Crippen MR) is 90.6 cm³/mol. The number of hydrogen-bond donors (Lipinski definition) is 1. The summed E-state index contributed by atoms with van der Waals surface area (Å²) in [6.45, 7) is 5.00. The molecule has 1 aliphatic carbocycles. The molecule has 1 N–H and O–H groups in total. The minimum Gasteiger partial charge on any atom is -0.312 e. The first-order valence-electron chi connectivity index (χ1n) is 9.87. The maximum Gasteiger partial charge on any atom is 0.0252 e. The van der Waals surface area contributed by atoms with Crippen molar-refractivity contribution in [2.45, 2.75) is 102 Å². The minimum atomic E-state index is 0.806. The van der Waals surface area contributed by atoms with Crippen LogP contribution in [-0.2, 0) is 0 Å². The third-order valence-corrected chi connectivity index (χ3v) is 6.38. The van der Waals surface area contributed by atoms with E-state index in [1.165, 1.54) is 90.1 Å². The van der Waals surface area contributed by atoms with Crippen molar-refractivity contribution in [2.24, 2.45) is 5.92 Å². The zero-order chi connectivity index (χ0) is 14.5. The van der Waals surface area contributed by atoms with Crippen LogP contribution < -0.4 is 5.32 Å². The predicted octanol–water partition coefficient (Wildman–Crippen LogP) is 4.34. The van der Waals surface area contributed by atoms with E-state index in [0.717, 1.165) is 24.0 Å². The normalized spacial score (nSPS) is 39.3. The molecule has 0 radical (unpaired) electrons. The Labute approximate surface area is 132 Å². The Kier molecular flexibility index (Phi) is 5.99. The van der Waals surface area contributed by atoms with Crippen molar-refractivity contribution >= 4 is 0 Å². The highest BCUT2D eigenvalue weighted by Gasteiger charge is 2.35. The van der Waals surface area contributed by atoms with Crippen molar-refractivity contribution in [3.63, 3.8) is 0 Å². The van der Waals surface area contributed by atoms with Gasteiger partial charge in [0.05, 0.1) is 0 Å². The molecule has 2 heterocycles. The highest BCUT2D eigenvalue weighted by atomic mass is 15.2. The Bertz CT molecular complexity index is 298. The van der Waals surface area contributed by atoms with Gasteiger partial charge >= 0.3 is 0 Å². The highest BCUT2D eigenvalue weighted by molar-refractivity contribution is 4.93. The van der Waals surface area contributed by atoms with Crippen LogP contribution in [0.2, 0.25) is 0 Å². The van der Waals surface area contributed by atoms with E-state index >= 15 is 0 Å². The van der Waals surface area contributed by atoms with Crippen LogP contribution in [-0.4, -0.2) is 36.1 Å². The summed E-state index contributed by atoms with van der Waals surface area (Å²) in [4.78, 5) is 2.96. The summed E-state index contributed by atoms with van der Waals surface area (Å²) < 4.78 is 0. The number of hydrogen-bond acceptors (Lipinski definition) is 2. The second kappa shape index (κ2) is 7.97. The molecule has 122 valence electrons. The van der Waals surface area contributed by atoms with Gasteiger partial charge in [-0.3, -0.25) is 4.90 Å². The van der Waals surface area contributed by atoms with Crippen LogP contribution in [0.3, 0.4) is 0 Å². The van der Waals surface area contributed by atoms with Crippen molar-refractivity contribution in [2.75, 3.05) is 13.1 Å². The first-order chi connectivity index (χ1) is 10.4. The average molecular weight is 293 g/mol.